The molecule has 2 aliphatic rings. The molecular formula is C16H16N2OS2. The number of ether oxygens (including phenoxy) is 1. The van der Waals surface area contributed by atoms with Crippen LogP contribution in [0, 0.1) is 0 Å². The summed E-state index contributed by atoms with van der Waals surface area (Å²) in [4.78, 5) is -0.252. The topological polar surface area (TPSA) is 33.3 Å². The van der Waals surface area contributed by atoms with Crippen molar-refractivity contribution in [2.75, 3.05) is 7.11 Å². The molecule has 3 rings (SSSR count). The van der Waals surface area contributed by atoms with Gasteiger partial charge in [-0.1, -0.05) is 36.1 Å². The molecule has 0 radical (unpaired) electrons. The molecule has 1 atom stereocenters. The normalized spacial score (nSPS) is 24.0. The first-order valence-corrected chi connectivity index (χ1v) is 7.84. The maximum Gasteiger partial charge on any atom is 0.118 e. The van der Waals surface area contributed by atoms with Gasteiger partial charge in [-0.25, -0.2) is 0 Å². The van der Waals surface area contributed by atoms with Crippen molar-refractivity contribution in [1.82, 2.24) is 10.6 Å². The third kappa shape index (κ3) is 2.71. The largest absolute Gasteiger partial charge is 0.497 e. The second-order valence-corrected chi connectivity index (χ2v) is 7.04. The van der Waals surface area contributed by atoms with Gasteiger partial charge in [0.15, 0.2) is 0 Å². The van der Waals surface area contributed by atoms with E-state index in [1.165, 1.54) is 5.56 Å². The van der Waals surface area contributed by atoms with E-state index in [2.05, 4.69) is 29.7 Å². The molecule has 1 aromatic rings. The maximum atomic E-state index is 5.55. The number of benzene rings is 1. The minimum Gasteiger partial charge on any atom is -0.497 e. The third-order valence-electron chi connectivity index (χ3n) is 3.51. The number of allylic oxidation sites excluding steroid dienone is 3. The van der Waals surface area contributed by atoms with E-state index in [9.17, 15) is 0 Å². The summed E-state index contributed by atoms with van der Waals surface area (Å²) in [5.41, 5.74) is 3.29. The number of hydrogen-bond acceptors (Lipinski definition) is 5. The van der Waals surface area contributed by atoms with E-state index in [1.807, 2.05) is 36.7 Å². The predicted molar refractivity (Wildman–Crippen MR) is 92.1 cm³/mol. The standard InChI is InChI=1S/C16H16N2OS2/c1-16(12-3-5-13(19-2)6-4-12)18-14(15(20)21-16)11-7-9-17-10-8-11/h3-10,17-18H,1-2H3. The van der Waals surface area contributed by atoms with Crippen molar-refractivity contribution in [3.05, 3.63) is 65.7 Å². The van der Waals surface area contributed by atoms with Gasteiger partial charge in [0.05, 0.1) is 17.0 Å². The molecule has 1 saturated heterocycles. The highest BCUT2D eigenvalue weighted by Gasteiger charge is 2.38. The summed E-state index contributed by atoms with van der Waals surface area (Å²) in [5.74, 6) is 0.857. The van der Waals surface area contributed by atoms with Crippen molar-refractivity contribution in [2.45, 2.75) is 11.8 Å². The SMILES string of the molecule is COc1ccc(C2(C)NC(=C3C=CNC=C3)C(=S)S2)cc1. The minimum absolute atomic E-state index is 0.252. The number of dihydropyridines is 1. The Bertz CT molecular complexity index is 647. The molecule has 0 bridgehead atoms. The van der Waals surface area contributed by atoms with Gasteiger partial charge in [-0.3, -0.25) is 0 Å². The number of nitrogens with one attached hydrogen (secondary N) is 2. The summed E-state index contributed by atoms with van der Waals surface area (Å²) in [7, 11) is 1.67. The van der Waals surface area contributed by atoms with Crippen LogP contribution in [0.4, 0.5) is 0 Å². The third-order valence-corrected chi connectivity index (χ3v) is 5.10. The van der Waals surface area contributed by atoms with Crippen LogP contribution >= 0.6 is 24.0 Å². The van der Waals surface area contributed by atoms with Crippen LogP contribution in [-0.2, 0) is 4.87 Å². The number of methoxy groups -OCH3 is 1. The molecule has 0 aliphatic carbocycles. The lowest BCUT2D eigenvalue weighted by atomic mass is 10.1. The molecule has 2 heterocycles. The van der Waals surface area contributed by atoms with E-state index in [0.717, 1.165) is 21.2 Å². The van der Waals surface area contributed by atoms with E-state index in [1.54, 1.807) is 18.9 Å². The Hall–Kier alpha value is -1.72. The summed E-state index contributed by atoms with van der Waals surface area (Å²) < 4.78 is 6.10. The van der Waals surface area contributed by atoms with Gasteiger partial charge in [-0.2, -0.15) is 0 Å². The molecule has 2 aliphatic heterocycles. The van der Waals surface area contributed by atoms with Crippen LogP contribution in [0.2, 0.25) is 0 Å². The van der Waals surface area contributed by atoms with E-state index in [-0.39, 0.29) is 4.87 Å². The van der Waals surface area contributed by atoms with Crippen LogP contribution in [0.5, 0.6) is 5.75 Å². The quantitative estimate of drug-likeness (QED) is 0.645. The predicted octanol–water partition coefficient (Wildman–Crippen LogP) is 3.42. The molecule has 1 fully saturated rings. The fourth-order valence-corrected chi connectivity index (χ4v) is 4.05. The highest BCUT2D eigenvalue weighted by molar-refractivity contribution is 8.24. The molecule has 1 aromatic carbocycles. The highest BCUT2D eigenvalue weighted by Crippen LogP contribution is 2.43. The Morgan fingerprint density at radius 3 is 2.43 bits per heavy atom. The van der Waals surface area contributed by atoms with Crippen LogP contribution in [0.15, 0.2) is 60.1 Å². The lowest BCUT2D eigenvalue weighted by molar-refractivity contribution is 0.414. The summed E-state index contributed by atoms with van der Waals surface area (Å²) >= 11 is 7.22. The lowest BCUT2D eigenvalue weighted by Crippen LogP contribution is -2.30. The van der Waals surface area contributed by atoms with Gasteiger partial charge < -0.3 is 15.4 Å². The average Bonchev–Trinajstić information content (AvgIpc) is 2.84. The average molecular weight is 316 g/mol. The molecule has 1 unspecified atom stereocenters. The summed E-state index contributed by atoms with van der Waals surface area (Å²) in [6.07, 6.45) is 7.85. The number of rotatable bonds is 2. The van der Waals surface area contributed by atoms with Gasteiger partial charge in [0.25, 0.3) is 0 Å². The van der Waals surface area contributed by atoms with Crippen molar-refractivity contribution < 1.29 is 4.74 Å². The van der Waals surface area contributed by atoms with Gasteiger partial charge in [-0.05, 0) is 36.8 Å². The molecule has 21 heavy (non-hydrogen) atoms. The molecule has 108 valence electrons. The van der Waals surface area contributed by atoms with Crippen LogP contribution in [0.25, 0.3) is 0 Å². The molecule has 0 saturated carbocycles. The number of hydrogen-bond donors (Lipinski definition) is 2. The lowest BCUT2D eigenvalue weighted by Gasteiger charge is -2.24. The molecule has 0 amide bonds. The van der Waals surface area contributed by atoms with E-state index in [0.29, 0.717) is 0 Å². The second kappa shape index (κ2) is 5.58. The monoisotopic (exact) mass is 316 g/mol. The van der Waals surface area contributed by atoms with E-state index >= 15 is 0 Å². The van der Waals surface area contributed by atoms with E-state index < -0.39 is 0 Å². The molecule has 0 aromatic heterocycles. The molecular weight excluding hydrogens is 300 g/mol. The van der Waals surface area contributed by atoms with Gasteiger partial charge in [0.2, 0.25) is 0 Å². The fourth-order valence-electron chi connectivity index (χ4n) is 2.34. The Kier molecular flexibility index (Phi) is 3.78. The van der Waals surface area contributed by atoms with Crippen molar-refractivity contribution in [2.24, 2.45) is 0 Å². The minimum atomic E-state index is -0.252. The van der Waals surface area contributed by atoms with Gasteiger partial charge in [0.1, 0.15) is 10.6 Å². The van der Waals surface area contributed by atoms with Gasteiger partial charge in [0, 0.05) is 18.0 Å². The summed E-state index contributed by atoms with van der Waals surface area (Å²) in [6.45, 7) is 2.15. The summed E-state index contributed by atoms with van der Waals surface area (Å²) in [5, 5.41) is 6.60. The van der Waals surface area contributed by atoms with E-state index in [4.69, 9.17) is 17.0 Å². The van der Waals surface area contributed by atoms with Crippen molar-refractivity contribution >= 4 is 28.2 Å². The molecule has 2 N–H and O–H groups in total. The first kappa shape index (κ1) is 14.2. The Morgan fingerprint density at radius 1 is 1.14 bits per heavy atom. The zero-order valence-corrected chi connectivity index (χ0v) is 13.5. The zero-order valence-electron chi connectivity index (χ0n) is 11.8. The fraction of sp³-hybridized carbons (Fsp3) is 0.188. The second-order valence-electron chi connectivity index (χ2n) is 4.94. The van der Waals surface area contributed by atoms with Crippen molar-refractivity contribution in [3.63, 3.8) is 0 Å². The molecule has 0 spiro atoms. The van der Waals surface area contributed by atoms with Crippen molar-refractivity contribution in [3.8, 4) is 5.75 Å². The number of thioether (sulfide) groups is 1. The Morgan fingerprint density at radius 2 is 1.81 bits per heavy atom. The Labute approximate surface area is 134 Å². The van der Waals surface area contributed by atoms with Gasteiger partial charge >= 0.3 is 0 Å². The smallest absolute Gasteiger partial charge is 0.118 e. The number of thiocarbonyl (C=S) groups is 1. The summed E-state index contributed by atoms with van der Waals surface area (Å²) in [6, 6.07) is 8.09. The highest BCUT2D eigenvalue weighted by atomic mass is 32.2. The van der Waals surface area contributed by atoms with Crippen LogP contribution in [0.3, 0.4) is 0 Å². The maximum absolute atomic E-state index is 5.55. The van der Waals surface area contributed by atoms with Gasteiger partial charge in [-0.15, -0.1) is 0 Å². The molecule has 5 heteroatoms. The van der Waals surface area contributed by atoms with Crippen LogP contribution in [0.1, 0.15) is 12.5 Å². The first-order chi connectivity index (χ1) is 10.1. The van der Waals surface area contributed by atoms with Crippen molar-refractivity contribution in [1.29, 1.82) is 0 Å². The first-order valence-electron chi connectivity index (χ1n) is 6.62. The zero-order chi connectivity index (χ0) is 14.9. The van der Waals surface area contributed by atoms with Crippen LogP contribution in [-0.4, -0.2) is 11.3 Å². The van der Waals surface area contributed by atoms with Crippen LogP contribution < -0.4 is 15.4 Å². The molecule has 3 nitrogen and oxygen atoms in total. The Balaban J connectivity index is 1.93.